The van der Waals surface area contributed by atoms with Gasteiger partial charge in [0.1, 0.15) is 5.82 Å². The van der Waals surface area contributed by atoms with Crippen LogP contribution in [0.15, 0.2) is 48.5 Å². The molecule has 0 bridgehead atoms. The van der Waals surface area contributed by atoms with Crippen molar-refractivity contribution in [2.24, 2.45) is 5.73 Å². The highest BCUT2D eigenvalue weighted by molar-refractivity contribution is 5.80. The summed E-state index contributed by atoms with van der Waals surface area (Å²) >= 11 is 0. The molecule has 3 nitrogen and oxygen atoms in total. The van der Waals surface area contributed by atoms with E-state index in [4.69, 9.17) is 10.7 Å². The molecular formula is C17H19N3. The van der Waals surface area contributed by atoms with Crippen molar-refractivity contribution < 1.29 is 0 Å². The number of para-hydroxylation sites is 2. The monoisotopic (exact) mass is 265 g/mol. The van der Waals surface area contributed by atoms with Crippen molar-refractivity contribution in [2.75, 3.05) is 6.54 Å². The Morgan fingerprint density at radius 1 is 1.05 bits per heavy atom. The van der Waals surface area contributed by atoms with Crippen LogP contribution in [0.5, 0.6) is 0 Å². The molecule has 0 fully saturated rings. The number of aryl methyl sites for hydroxylation is 1. The molecule has 3 heteroatoms. The van der Waals surface area contributed by atoms with E-state index in [0.29, 0.717) is 6.54 Å². The molecule has 3 rings (SSSR count). The van der Waals surface area contributed by atoms with Crippen LogP contribution in [0, 0.1) is 0 Å². The van der Waals surface area contributed by atoms with Gasteiger partial charge in [0.2, 0.25) is 0 Å². The van der Waals surface area contributed by atoms with Crippen LogP contribution < -0.4 is 5.73 Å². The number of benzene rings is 2. The Kier molecular flexibility index (Phi) is 3.52. The zero-order valence-corrected chi connectivity index (χ0v) is 11.7. The number of aromatic nitrogens is 2. The molecule has 2 N–H and O–H groups in total. The first-order valence-electron chi connectivity index (χ1n) is 7.08. The van der Waals surface area contributed by atoms with Gasteiger partial charge in [-0.3, -0.25) is 0 Å². The number of nitrogens with zero attached hydrogens (tertiary/aromatic N) is 2. The SMILES string of the molecule is CCn1c(-c2ccc(CCN)cc2)nc2ccccc21. The first kappa shape index (κ1) is 12.9. The van der Waals surface area contributed by atoms with Gasteiger partial charge >= 0.3 is 0 Å². The van der Waals surface area contributed by atoms with Gasteiger partial charge in [-0.2, -0.15) is 0 Å². The Morgan fingerprint density at radius 3 is 2.50 bits per heavy atom. The number of nitrogens with two attached hydrogens (primary N) is 1. The Bertz CT molecular complexity index is 711. The third-order valence-electron chi connectivity index (χ3n) is 3.62. The third kappa shape index (κ3) is 2.21. The summed E-state index contributed by atoms with van der Waals surface area (Å²) in [4.78, 5) is 4.77. The van der Waals surface area contributed by atoms with Gasteiger partial charge in [0.15, 0.2) is 0 Å². The fourth-order valence-corrected chi connectivity index (χ4v) is 2.60. The Balaban J connectivity index is 2.09. The molecule has 0 aliphatic heterocycles. The summed E-state index contributed by atoms with van der Waals surface area (Å²) < 4.78 is 2.26. The number of imidazole rings is 1. The molecule has 0 amide bonds. The third-order valence-corrected chi connectivity index (χ3v) is 3.62. The predicted molar refractivity (Wildman–Crippen MR) is 83.6 cm³/mol. The molecule has 0 radical (unpaired) electrons. The maximum atomic E-state index is 5.59. The second kappa shape index (κ2) is 5.47. The van der Waals surface area contributed by atoms with Gasteiger partial charge < -0.3 is 10.3 Å². The highest BCUT2D eigenvalue weighted by Crippen LogP contribution is 2.25. The van der Waals surface area contributed by atoms with Crippen molar-refractivity contribution in [3.05, 3.63) is 54.1 Å². The average molecular weight is 265 g/mol. The van der Waals surface area contributed by atoms with E-state index in [0.717, 1.165) is 29.9 Å². The van der Waals surface area contributed by atoms with E-state index < -0.39 is 0 Å². The van der Waals surface area contributed by atoms with Crippen LogP contribution in [0.25, 0.3) is 22.4 Å². The molecule has 0 saturated carbocycles. The molecule has 2 aromatic carbocycles. The van der Waals surface area contributed by atoms with Gasteiger partial charge in [0.05, 0.1) is 11.0 Å². The molecule has 0 atom stereocenters. The zero-order valence-electron chi connectivity index (χ0n) is 11.7. The highest BCUT2D eigenvalue weighted by Gasteiger charge is 2.10. The van der Waals surface area contributed by atoms with Crippen molar-refractivity contribution >= 4 is 11.0 Å². The second-order valence-corrected chi connectivity index (χ2v) is 4.90. The lowest BCUT2D eigenvalue weighted by Crippen LogP contribution is -2.02. The predicted octanol–water partition coefficient (Wildman–Crippen LogP) is 3.22. The van der Waals surface area contributed by atoms with Crippen LogP contribution in [0.3, 0.4) is 0 Å². The van der Waals surface area contributed by atoms with Gasteiger partial charge in [0.25, 0.3) is 0 Å². The van der Waals surface area contributed by atoms with E-state index in [2.05, 4.69) is 54.0 Å². The van der Waals surface area contributed by atoms with Crippen LogP contribution in [0.1, 0.15) is 12.5 Å². The smallest absolute Gasteiger partial charge is 0.141 e. The standard InChI is InChI=1S/C17H19N3/c1-2-20-16-6-4-3-5-15(16)19-17(20)14-9-7-13(8-10-14)11-12-18/h3-10H,2,11-12,18H2,1H3. The van der Waals surface area contributed by atoms with Crippen molar-refractivity contribution in [1.29, 1.82) is 0 Å². The number of fused-ring (bicyclic) bond motifs is 1. The van der Waals surface area contributed by atoms with Crippen molar-refractivity contribution in [3.8, 4) is 11.4 Å². The lowest BCUT2D eigenvalue weighted by molar-refractivity contribution is 0.796. The van der Waals surface area contributed by atoms with Gasteiger partial charge in [-0.05, 0) is 37.6 Å². The first-order chi connectivity index (χ1) is 9.83. The van der Waals surface area contributed by atoms with Crippen LogP contribution in [-0.2, 0) is 13.0 Å². The average Bonchev–Trinajstić information content (AvgIpc) is 2.87. The van der Waals surface area contributed by atoms with E-state index in [1.54, 1.807) is 0 Å². The molecule has 0 saturated heterocycles. The van der Waals surface area contributed by atoms with E-state index in [-0.39, 0.29) is 0 Å². The Morgan fingerprint density at radius 2 is 1.80 bits per heavy atom. The topological polar surface area (TPSA) is 43.8 Å². The molecule has 1 heterocycles. The summed E-state index contributed by atoms with van der Waals surface area (Å²) in [5.41, 5.74) is 10.3. The Labute approximate surface area is 119 Å². The van der Waals surface area contributed by atoms with E-state index in [1.807, 2.05) is 6.07 Å². The van der Waals surface area contributed by atoms with E-state index >= 15 is 0 Å². The normalized spacial score (nSPS) is 11.1. The number of rotatable bonds is 4. The van der Waals surface area contributed by atoms with Gasteiger partial charge in [-0.1, -0.05) is 36.4 Å². The van der Waals surface area contributed by atoms with Crippen LogP contribution in [0.2, 0.25) is 0 Å². The minimum Gasteiger partial charge on any atom is -0.330 e. The lowest BCUT2D eigenvalue weighted by Gasteiger charge is -2.07. The summed E-state index contributed by atoms with van der Waals surface area (Å²) in [5, 5.41) is 0. The fourth-order valence-electron chi connectivity index (χ4n) is 2.60. The summed E-state index contributed by atoms with van der Waals surface area (Å²) in [6, 6.07) is 16.8. The van der Waals surface area contributed by atoms with Crippen molar-refractivity contribution in [3.63, 3.8) is 0 Å². The van der Waals surface area contributed by atoms with Crippen LogP contribution in [0.4, 0.5) is 0 Å². The first-order valence-corrected chi connectivity index (χ1v) is 7.08. The second-order valence-electron chi connectivity index (χ2n) is 4.90. The molecule has 0 spiro atoms. The van der Waals surface area contributed by atoms with E-state index in [1.165, 1.54) is 11.1 Å². The quantitative estimate of drug-likeness (QED) is 0.787. The van der Waals surface area contributed by atoms with E-state index in [9.17, 15) is 0 Å². The minimum atomic E-state index is 0.687. The maximum Gasteiger partial charge on any atom is 0.141 e. The summed E-state index contributed by atoms with van der Waals surface area (Å²) in [6.07, 6.45) is 0.921. The molecule has 0 unspecified atom stereocenters. The molecule has 20 heavy (non-hydrogen) atoms. The molecular weight excluding hydrogens is 246 g/mol. The summed E-state index contributed by atoms with van der Waals surface area (Å²) in [5.74, 6) is 1.04. The zero-order chi connectivity index (χ0) is 13.9. The summed E-state index contributed by atoms with van der Waals surface area (Å²) in [6.45, 7) is 3.76. The largest absolute Gasteiger partial charge is 0.330 e. The minimum absolute atomic E-state index is 0.687. The maximum absolute atomic E-state index is 5.59. The molecule has 102 valence electrons. The number of hydrogen-bond acceptors (Lipinski definition) is 2. The molecule has 3 aromatic rings. The molecule has 1 aromatic heterocycles. The lowest BCUT2D eigenvalue weighted by atomic mass is 10.1. The van der Waals surface area contributed by atoms with Crippen molar-refractivity contribution in [2.45, 2.75) is 19.9 Å². The highest BCUT2D eigenvalue weighted by atomic mass is 15.1. The summed E-state index contributed by atoms with van der Waals surface area (Å²) in [7, 11) is 0. The van der Waals surface area contributed by atoms with Gasteiger partial charge in [-0.15, -0.1) is 0 Å². The van der Waals surface area contributed by atoms with Crippen LogP contribution >= 0.6 is 0 Å². The Hall–Kier alpha value is -2.13. The van der Waals surface area contributed by atoms with Crippen LogP contribution in [-0.4, -0.2) is 16.1 Å². The van der Waals surface area contributed by atoms with Gasteiger partial charge in [0, 0.05) is 12.1 Å². The number of hydrogen-bond donors (Lipinski definition) is 1. The van der Waals surface area contributed by atoms with Gasteiger partial charge in [-0.25, -0.2) is 4.98 Å². The fraction of sp³-hybridized carbons (Fsp3) is 0.235. The van der Waals surface area contributed by atoms with Crippen molar-refractivity contribution in [1.82, 2.24) is 9.55 Å². The molecule has 0 aliphatic carbocycles. The molecule has 0 aliphatic rings.